The summed E-state index contributed by atoms with van der Waals surface area (Å²) in [5, 5.41) is 0. The summed E-state index contributed by atoms with van der Waals surface area (Å²) in [6.07, 6.45) is 1.34. The van der Waals surface area contributed by atoms with Crippen molar-refractivity contribution >= 4 is 21.6 Å². The monoisotopic (exact) mass is 328 g/mol. The van der Waals surface area contributed by atoms with E-state index in [0.717, 1.165) is 0 Å². The van der Waals surface area contributed by atoms with Gasteiger partial charge in [-0.05, 0) is 44.0 Å². The highest BCUT2D eigenvalue weighted by molar-refractivity contribution is 7.89. The van der Waals surface area contributed by atoms with Gasteiger partial charge in [-0.1, -0.05) is 0 Å². The van der Waals surface area contributed by atoms with Crippen molar-refractivity contribution in [2.45, 2.75) is 19.8 Å². The second-order valence-electron chi connectivity index (χ2n) is 5.47. The van der Waals surface area contributed by atoms with Gasteiger partial charge in [0.1, 0.15) is 5.82 Å². The highest BCUT2D eigenvalue weighted by Crippen LogP contribution is 2.23. The maximum absolute atomic E-state index is 13.0. The van der Waals surface area contributed by atoms with Crippen molar-refractivity contribution in [3.8, 4) is 0 Å². The zero-order valence-corrected chi connectivity index (χ0v) is 13.6. The van der Waals surface area contributed by atoms with Gasteiger partial charge >= 0.3 is 0 Å². The first-order chi connectivity index (χ1) is 10.3. The van der Waals surface area contributed by atoms with Gasteiger partial charge in [-0.3, -0.25) is 4.79 Å². The van der Waals surface area contributed by atoms with Gasteiger partial charge < -0.3 is 4.90 Å². The summed E-state index contributed by atoms with van der Waals surface area (Å²) < 4.78 is 38.3. The van der Waals surface area contributed by atoms with Crippen LogP contribution in [0.2, 0.25) is 0 Å². The van der Waals surface area contributed by atoms with E-state index in [2.05, 4.69) is 0 Å². The summed E-state index contributed by atoms with van der Waals surface area (Å²) in [5.41, 5.74) is 0.599. The predicted molar refractivity (Wildman–Crippen MR) is 83.6 cm³/mol. The van der Waals surface area contributed by atoms with E-state index in [1.54, 1.807) is 14.0 Å². The van der Waals surface area contributed by atoms with Gasteiger partial charge in [0.15, 0.2) is 0 Å². The number of carbonyl (C=O) groups excluding carboxylic acids is 1. The van der Waals surface area contributed by atoms with Crippen molar-refractivity contribution < 1.29 is 17.6 Å². The Hall–Kier alpha value is -1.47. The van der Waals surface area contributed by atoms with Gasteiger partial charge in [0, 0.05) is 25.8 Å². The lowest BCUT2D eigenvalue weighted by Crippen LogP contribution is -2.46. The molecule has 0 N–H and O–H groups in total. The van der Waals surface area contributed by atoms with Crippen LogP contribution in [0, 0.1) is 11.7 Å². The number of benzene rings is 1. The van der Waals surface area contributed by atoms with E-state index >= 15 is 0 Å². The minimum Gasteiger partial charge on any atom is -0.315 e. The minimum atomic E-state index is -3.27. The number of carbonyl (C=O) groups is 1. The van der Waals surface area contributed by atoms with E-state index in [9.17, 15) is 17.6 Å². The number of nitrogens with zero attached hydrogens (tertiary/aromatic N) is 2. The first-order valence-electron chi connectivity index (χ1n) is 7.36. The first kappa shape index (κ1) is 16.9. The zero-order valence-electron chi connectivity index (χ0n) is 12.8. The van der Waals surface area contributed by atoms with Crippen molar-refractivity contribution in [2.24, 2.45) is 5.92 Å². The molecule has 1 fully saturated rings. The quantitative estimate of drug-likeness (QED) is 0.847. The fourth-order valence-electron chi connectivity index (χ4n) is 2.65. The largest absolute Gasteiger partial charge is 0.315 e. The van der Waals surface area contributed by atoms with Crippen LogP contribution in [0.25, 0.3) is 0 Å². The van der Waals surface area contributed by atoms with Crippen LogP contribution in [0.3, 0.4) is 0 Å². The highest BCUT2D eigenvalue weighted by atomic mass is 32.2. The van der Waals surface area contributed by atoms with Gasteiger partial charge in [0.05, 0.1) is 11.7 Å². The summed E-state index contributed by atoms with van der Waals surface area (Å²) >= 11 is 0. The fraction of sp³-hybridized carbons (Fsp3) is 0.533. The number of amides is 1. The van der Waals surface area contributed by atoms with Crippen LogP contribution in [0.4, 0.5) is 10.1 Å². The Labute approximate surface area is 130 Å². The lowest BCUT2D eigenvalue weighted by molar-refractivity contribution is -0.123. The lowest BCUT2D eigenvalue weighted by Gasteiger charge is -2.33. The molecule has 0 aromatic heterocycles. The average molecular weight is 328 g/mol. The zero-order chi connectivity index (χ0) is 16.3. The lowest BCUT2D eigenvalue weighted by atomic mass is 9.98. The number of sulfonamides is 1. The predicted octanol–water partition coefficient (Wildman–Crippen LogP) is 1.85. The maximum atomic E-state index is 13.0. The van der Waals surface area contributed by atoms with E-state index in [4.69, 9.17) is 0 Å². The minimum absolute atomic E-state index is 0.0434. The Morgan fingerprint density at radius 2 is 2.00 bits per heavy atom. The third-order valence-corrected chi connectivity index (χ3v) is 5.88. The van der Waals surface area contributed by atoms with Crippen molar-refractivity contribution in [3.05, 3.63) is 30.1 Å². The molecule has 0 saturated carbocycles. The highest BCUT2D eigenvalue weighted by Gasteiger charge is 2.33. The topological polar surface area (TPSA) is 57.7 Å². The van der Waals surface area contributed by atoms with Crippen LogP contribution < -0.4 is 4.90 Å². The van der Waals surface area contributed by atoms with E-state index in [1.165, 1.54) is 33.5 Å². The molecule has 1 heterocycles. The van der Waals surface area contributed by atoms with Crippen molar-refractivity contribution in [1.29, 1.82) is 0 Å². The Bertz CT molecular complexity index is 631. The number of hydrogen-bond donors (Lipinski definition) is 0. The second-order valence-corrected chi connectivity index (χ2v) is 7.73. The molecular weight excluding hydrogens is 307 g/mol. The summed E-state index contributed by atoms with van der Waals surface area (Å²) in [6.45, 7) is 2.30. The van der Waals surface area contributed by atoms with Crippen LogP contribution in [0.15, 0.2) is 24.3 Å². The van der Waals surface area contributed by atoms with Gasteiger partial charge in [-0.25, -0.2) is 17.1 Å². The Kier molecular flexibility index (Phi) is 5.18. The van der Waals surface area contributed by atoms with Gasteiger partial charge in [0.25, 0.3) is 0 Å². The number of anilines is 1. The maximum Gasteiger partial charge on any atom is 0.231 e. The molecule has 2 rings (SSSR count). The van der Waals surface area contributed by atoms with Gasteiger partial charge in [-0.2, -0.15) is 0 Å². The van der Waals surface area contributed by atoms with Crippen LogP contribution >= 0.6 is 0 Å². The average Bonchev–Trinajstić information content (AvgIpc) is 2.54. The molecule has 0 unspecified atom stereocenters. The smallest absolute Gasteiger partial charge is 0.231 e. The molecule has 122 valence electrons. The SMILES string of the molecule is CCS(=O)(=O)N1CCC[C@H](C(=O)N(C)c2ccc(F)cc2)C1. The molecule has 1 atom stereocenters. The molecule has 5 nitrogen and oxygen atoms in total. The molecule has 0 spiro atoms. The first-order valence-corrected chi connectivity index (χ1v) is 8.97. The van der Waals surface area contributed by atoms with Crippen molar-refractivity contribution in [1.82, 2.24) is 4.31 Å². The van der Waals surface area contributed by atoms with Crippen molar-refractivity contribution in [3.63, 3.8) is 0 Å². The van der Waals surface area contributed by atoms with Gasteiger partial charge in [-0.15, -0.1) is 0 Å². The molecule has 1 aromatic rings. The molecule has 0 bridgehead atoms. The van der Waals surface area contributed by atoms with E-state index in [-0.39, 0.29) is 29.9 Å². The molecule has 7 heteroatoms. The second kappa shape index (κ2) is 6.75. The Morgan fingerprint density at radius 1 is 1.36 bits per heavy atom. The van der Waals surface area contributed by atoms with Crippen LogP contribution in [-0.2, 0) is 14.8 Å². The fourth-order valence-corrected chi connectivity index (χ4v) is 3.82. The summed E-state index contributed by atoms with van der Waals surface area (Å²) in [6, 6.07) is 5.68. The summed E-state index contributed by atoms with van der Waals surface area (Å²) in [4.78, 5) is 14.0. The van der Waals surface area contributed by atoms with E-state index in [0.29, 0.717) is 25.1 Å². The molecule has 1 aliphatic rings. The summed E-state index contributed by atoms with van der Waals surface area (Å²) in [7, 11) is -1.64. The number of halogens is 1. The number of rotatable bonds is 4. The third-order valence-electron chi connectivity index (χ3n) is 4.04. The molecule has 1 saturated heterocycles. The Morgan fingerprint density at radius 3 is 2.59 bits per heavy atom. The Balaban J connectivity index is 2.10. The number of hydrogen-bond acceptors (Lipinski definition) is 3. The number of piperidine rings is 1. The molecule has 1 aliphatic heterocycles. The normalized spacial score (nSPS) is 19.9. The van der Waals surface area contributed by atoms with E-state index < -0.39 is 10.0 Å². The van der Waals surface area contributed by atoms with E-state index in [1.807, 2.05) is 0 Å². The molecule has 0 aliphatic carbocycles. The molecule has 0 radical (unpaired) electrons. The molecule has 1 amide bonds. The van der Waals surface area contributed by atoms with Crippen LogP contribution in [0.1, 0.15) is 19.8 Å². The summed E-state index contributed by atoms with van der Waals surface area (Å²) in [5.74, 6) is -0.808. The molecule has 1 aromatic carbocycles. The molecular formula is C15H21FN2O3S. The molecule has 22 heavy (non-hydrogen) atoms. The van der Waals surface area contributed by atoms with Crippen LogP contribution in [0.5, 0.6) is 0 Å². The van der Waals surface area contributed by atoms with Gasteiger partial charge in [0.2, 0.25) is 15.9 Å². The standard InChI is InChI=1S/C15H21FN2O3S/c1-3-22(20,21)18-10-4-5-12(11-18)15(19)17(2)14-8-6-13(16)7-9-14/h6-9,12H,3-5,10-11H2,1-2H3/t12-/m0/s1. The van der Waals surface area contributed by atoms with Crippen LogP contribution in [-0.4, -0.2) is 44.5 Å². The van der Waals surface area contributed by atoms with Crippen molar-refractivity contribution in [2.75, 3.05) is 30.8 Å². The third kappa shape index (κ3) is 3.64.